The fourth-order valence-corrected chi connectivity index (χ4v) is 9.11. The Morgan fingerprint density at radius 2 is 0.827 bits per heavy atom. The van der Waals surface area contributed by atoms with Crippen LogP contribution in [0.25, 0.3) is 86.3 Å². The third-order valence-electron chi connectivity index (χ3n) is 10.3. The van der Waals surface area contributed by atoms with Gasteiger partial charge in [-0.3, -0.25) is 0 Å². The van der Waals surface area contributed by atoms with Crippen LogP contribution in [0.5, 0.6) is 0 Å². The highest BCUT2D eigenvalue weighted by Crippen LogP contribution is 2.45. The van der Waals surface area contributed by atoms with Gasteiger partial charge in [-0.2, -0.15) is 0 Å². The number of nitrogens with zero attached hydrogens (tertiary/aromatic N) is 1. The summed E-state index contributed by atoms with van der Waals surface area (Å²) in [5.41, 5.74) is 11.5. The van der Waals surface area contributed by atoms with E-state index >= 15 is 0 Å². The molecule has 0 unspecified atom stereocenters. The first-order chi connectivity index (χ1) is 25.8. The van der Waals surface area contributed by atoms with Crippen LogP contribution in [0.3, 0.4) is 0 Å². The molecule has 0 bridgehead atoms. The second-order valence-electron chi connectivity index (χ2n) is 13.2. The average Bonchev–Trinajstić information content (AvgIpc) is 3.90. The van der Waals surface area contributed by atoms with Crippen LogP contribution in [0.4, 0.5) is 17.1 Å². The number of rotatable bonds is 5. The van der Waals surface area contributed by atoms with Crippen molar-refractivity contribution in [3.8, 4) is 22.3 Å². The van der Waals surface area contributed by atoms with E-state index in [2.05, 4.69) is 157 Å². The van der Waals surface area contributed by atoms with Crippen LogP contribution in [0, 0.1) is 0 Å². The van der Waals surface area contributed by atoms with Crippen LogP contribution in [0.15, 0.2) is 185 Å². The van der Waals surface area contributed by atoms with Crippen LogP contribution in [-0.2, 0) is 0 Å². The van der Waals surface area contributed by atoms with E-state index in [0.717, 1.165) is 72.1 Å². The molecule has 52 heavy (non-hydrogen) atoms. The van der Waals surface area contributed by atoms with Gasteiger partial charge in [0.25, 0.3) is 0 Å². The molecule has 0 aliphatic heterocycles. The van der Waals surface area contributed by atoms with Crippen molar-refractivity contribution in [3.63, 3.8) is 0 Å². The van der Waals surface area contributed by atoms with Crippen LogP contribution in [0.2, 0.25) is 0 Å². The molecule has 0 fully saturated rings. The first-order valence-corrected chi connectivity index (χ1v) is 18.3. The quantitative estimate of drug-likeness (QED) is 0.181. The van der Waals surface area contributed by atoms with E-state index in [9.17, 15) is 0 Å². The molecule has 11 rings (SSSR count). The van der Waals surface area contributed by atoms with Crippen molar-refractivity contribution in [2.75, 3.05) is 4.90 Å². The highest BCUT2D eigenvalue weighted by Gasteiger charge is 2.20. The summed E-state index contributed by atoms with van der Waals surface area (Å²) < 4.78 is 15.2. The van der Waals surface area contributed by atoms with E-state index in [1.54, 1.807) is 0 Å². The molecule has 11 aromatic rings. The summed E-state index contributed by atoms with van der Waals surface area (Å²) in [5.74, 6) is 0. The minimum Gasteiger partial charge on any atom is -0.456 e. The van der Waals surface area contributed by atoms with E-state index in [0.29, 0.717) is 0 Å². The Morgan fingerprint density at radius 1 is 0.346 bits per heavy atom. The Kier molecular flexibility index (Phi) is 6.42. The molecular weight excluding hydrogens is 655 g/mol. The Balaban J connectivity index is 1.08. The van der Waals surface area contributed by atoms with Crippen LogP contribution < -0.4 is 4.90 Å². The van der Waals surface area contributed by atoms with E-state index in [1.165, 1.54) is 31.3 Å². The van der Waals surface area contributed by atoms with Gasteiger partial charge in [-0.25, -0.2) is 0 Å². The molecule has 0 N–H and O–H groups in total. The molecule has 0 spiro atoms. The molecule has 0 aliphatic rings. The van der Waals surface area contributed by atoms with Crippen molar-refractivity contribution in [1.29, 1.82) is 0 Å². The third kappa shape index (κ3) is 4.45. The molecule has 0 saturated carbocycles. The molecule has 0 amide bonds. The molecule has 0 aliphatic carbocycles. The van der Waals surface area contributed by atoms with Crippen molar-refractivity contribution in [2.24, 2.45) is 0 Å². The first kappa shape index (κ1) is 29.1. The topological polar surface area (TPSA) is 29.5 Å². The lowest BCUT2D eigenvalue weighted by Crippen LogP contribution is -2.10. The number of para-hydroxylation sites is 2. The monoisotopic (exact) mass is 683 g/mol. The fraction of sp³-hybridized carbons (Fsp3) is 0. The molecular formula is C48H29NO2S. The Morgan fingerprint density at radius 3 is 1.50 bits per heavy atom. The lowest BCUT2D eigenvalue weighted by molar-refractivity contribution is 0.668. The summed E-state index contributed by atoms with van der Waals surface area (Å²) in [6, 6.07) is 62.5. The normalized spacial score (nSPS) is 11.8. The molecule has 3 aromatic heterocycles. The van der Waals surface area contributed by atoms with Crippen LogP contribution in [0.1, 0.15) is 0 Å². The lowest BCUT2D eigenvalue weighted by Gasteiger charge is -2.26. The van der Waals surface area contributed by atoms with E-state index in [1.807, 2.05) is 35.6 Å². The minimum atomic E-state index is 0.867. The minimum absolute atomic E-state index is 0.867. The number of anilines is 3. The zero-order valence-corrected chi connectivity index (χ0v) is 28.7. The predicted octanol–water partition coefficient (Wildman–Crippen LogP) is 14.7. The maximum Gasteiger partial charge on any atom is 0.137 e. The molecule has 8 aromatic carbocycles. The van der Waals surface area contributed by atoms with Crippen molar-refractivity contribution < 1.29 is 8.83 Å². The van der Waals surface area contributed by atoms with Gasteiger partial charge in [0.15, 0.2) is 0 Å². The number of fused-ring (bicyclic) bond motifs is 9. The van der Waals surface area contributed by atoms with Crippen molar-refractivity contribution in [1.82, 2.24) is 0 Å². The lowest BCUT2D eigenvalue weighted by atomic mass is 9.98. The van der Waals surface area contributed by atoms with Crippen LogP contribution in [-0.4, -0.2) is 0 Å². The molecule has 0 saturated heterocycles. The largest absolute Gasteiger partial charge is 0.456 e. The van der Waals surface area contributed by atoms with Crippen molar-refractivity contribution in [3.05, 3.63) is 176 Å². The van der Waals surface area contributed by atoms with Crippen molar-refractivity contribution in [2.45, 2.75) is 0 Å². The zero-order valence-electron chi connectivity index (χ0n) is 27.9. The standard InChI is InChI=1S/C48H29NO2S/c1-4-16-40-36(10-1)46-34(13-7-18-42(46)50-40)30-22-26-32(27-23-30)49(39-15-9-19-43-48(39)37-11-2-5-17-41(37)51-43)33-28-24-31(25-29-33)35-14-8-21-45-47(35)38-12-3-6-20-44(38)52-45/h1-29H. The second kappa shape index (κ2) is 11.5. The zero-order chi connectivity index (χ0) is 34.2. The summed E-state index contributed by atoms with van der Waals surface area (Å²) >= 11 is 1.85. The number of thiophene rings is 1. The van der Waals surface area contributed by atoms with Crippen molar-refractivity contribution >= 4 is 92.4 Å². The second-order valence-corrected chi connectivity index (χ2v) is 14.3. The Labute approximate surface area is 303 Å². The number of hydrogen-bond acceptors (Lipinski definition) is 4. The molecule has 244 valence electrons. The Hall–Kier alpha value is -6.62. The summed E-state index contributed by atoms with van der Waals surface area (Å²) in [4.78, 5) is 2.35. The third-order valence-corrected chi connectivity index (χ3v) is 11.4. The van der Waals surface area contributed by atoms with Gasteiger partial charge in [0.05, 0.1) is 11.1 Å². The van der Waals surface area contributed by atoms with Crippen LogP contribution >= 0.6 is 11.3 Å². The molecule has 3 nitrogen and oxygen atoms in total. The van der Waals surface area contributed by atoms with Gasteiger partial charge in [-0.05, 0) is 89.0 Å². The van der Waals surface area contributed by atoms with Gasteiger partial charge in [0.2, 0.25) is 0 Å². The summed E-state index contributed by atoms with van der Waals surface area (Å²) in [6.07, 6.45) is 0. The van der Waals surface area contributed by atoms with E-state index in [4.69, 9.17) is 8.83 Å². The molecule has 0 radical (unpaired) electrons. The van der Waals surface area contributed by atoms with Gasteiger partial charge in [-0.1, -0.05) is 109 Å². The molecule has 4 heteroatoms. The maximum absolute atomic E-state index is 6.37. The highest BCUT2D eigenvalue weighted by molar-refractivity contribution is 7.25. The Bertz CT molecular complexity index is 2970. The molecule has 0 atom stereocenters. The summed E-state index contributed by atoms with van der Waals surface area (Å²) in [6.45, 7) is 0. The fourth-order valence-electron chi connectivity index (χ4n) is 7.98. The van der Waals surface area contributed by atoms with Gasteiger partial charge in [0, 0.05) is 47.7 Å². The number of benzene rings is 8. The van der Waals surface area contributed by atoms with Gasteiger partial charge in [-0.15, -0.1) is 11.3 Å². The number of furan rings is 2. The molecule has 3 heterocycles. The predicted molar refractivity (Wildman–Crippen MR) is 219 cm³/mol. The SMILES string of the molecule is c1ccc2c(c1)oc1cccc(-c3ccc(N(c4ccc(-c5cccc6sc7ccccc7c56)cc4)c4cccc5oc6ccccc6c45)cc3)c12. The highest BCUT2D eigenvalue weighted by atomic mass is 32.1. The maximum atomic E-state index is 6.37. The number of hydrogen-bond donors (Lipinski definition) is 0. The van der Waals surface area contributed by atoms with E-state index in [-0.39, 0.29) is 0 Å². The van der Waals surface area contributed by atoms with Gasteiger partial charge in [0.1, 0.15) is 22.3 Å². The van der Waals surface area contributed by atoms with Gasteiger partial charge >= 0.3 is 0 Å². The summed E-state index contributed by atoms with van der Waals surface area (Å²) in [7, 11) is 0. The summed E-state index contributed by atoms with van der Waals surface area (Å²) in [5, 5.41) is 7.08. The smallest absolute Gasteiger partial charge is 0.137 e. The van der Waals surface area contributed by atoms with Gasteiger partial charge < -0.3 is 13.7 Å². The first-order valence-electron chi connectivity index (χ1n) is 17.5. The average molecular weight is 684 g/mol. The van der Waals surface area contributed by atoms with E-state index < -0.39 is 0 Å².